The van der Waals surface area contributed by atoms with Gasteiger partial charge in [0.1, 0.15) is 5.82 Å². The molecule has 0 aliphatic heterocycles. The molecule has 0 spiro atoms. The van der Waals surface area contributed by atoms with Crippen LogP contribution in [0.3, 0.4) is 0 Å². The van der Waals surface area contributed by atoms with E-state index in [1.807, 2.05) is 6.92 Å². The quantitative estimate of drug-likeness (QED) is 0.810. The lowest BCUT2D eigenvalue weighted by atomic mass is 10.0. The third kappa shape index (κ3) is 2.69. The van der Waals surface area contributed by atoms with Gasteiger partial charge < -0.3 is 5.32 Å². The molecule has 0 heterocycles. The summed E-state index contributed by atoms with van der Waals surface area (Å²) in [6.07, 6.45) is 0.944. The van der Waals surface area contributed by atoms with E-state index in [1.54, 1.807) is 6.07 Å². The Hall–Kier alpha value is -0.600. The maximum absolute atomic E-state index is 12.8. The fraction of sp³-hybridized carbons (Fsp3) is 0.455. The summed E-state index contributed by atoms with van der Waals surface area (Å²) in [4.78, 5) is 0. The Morgan fingerprint density at radius 3 is 2.64 bits per heavy atom. The van der Waals surface area contributed by atoms with Gasteiger partial charge in [-0.1, -0.05) is 31.5 Å². The number of rotatable bonds is 4. The molecule has 1 atom stereocenters. The SMILES string of the molecule is CCNC(CC)c1ccc(F)cc1Cl. The molecule has 1 unspecified atom stereocenters. The molecule has 1 aromatic carbocycles. The minimum atomic E-state index is -0.287. The molecule has 0 amide bonds. The molecule has 0 radical (unpaired) electrons. The fourth-order valence-corrected chi connectivity index (χ4v) is 1.80. The van der Waals surface area contributed by atoms with E-state index in [1.165, 1.54) is 12.1 Å². The van der Waals surface area contributed by atoms with E-state index in [-0.39, 0.29) is 11.9 Å². The van der Waals surface area contributed by atoms with Crippen molar-refractivity contribution in [1.29, 1.82) is 0 Å². The van der Waals surface area contributed by atoms with E-state index in [9.17, 15) is 4.39 Å². The molecule has 0 aliphatic carbocycles. The van der Waals surface area contributed by atoms with Gasteiger partial charge in [-0.05, 0) is 30.7 Å². The topological polar surface area (TPSA) is 12.0 Å². The molecule has 1 N–H and O–H groups in total. The monoisotopic (exact) mass is 215 g/mol. The van der Waals surface area contributed by atoms with Gasteiger partial charge in [0.05, 0.1) is 0 Å². The lowest BCUT2D eigenvalue weighted by Crippen LogP contribution is -2.20. The van der Waals surface area contributed by atoms with Gasteiger partial charge in [0.2, 0.25) is 0 Å². The summed E-state index contributed by atoms with van der Waals surface area (Å²) in [6.45, 7) is 5.00. The first-order valence-electron chi connectivity index (χ1n) is 4.87. The van der Waals surface area contributed by atoms with E-state index in [2.05, 4.69) is 12.2 Å². The van der Waals surface area contributed by atoms with Gasteiger partial charge >= 0.3 is 0 Å². The van der Waals surface area contributed by atoms with Crippen molar-refractivity contribution in [3.05, 3.63) is 34.6 Å². The van der Waals surface area contributed by atoms with Crippen molar-refractivity contribution >= 4 is 11.6 Å². The smallest absolute Gasteiger partial charge is 0.124 e. The zero-order valence-corrected chi connectivity index (χ0v) is 9.24. The summed E-state index contributed by atoms with van der Waals surface area (Å²) in [7, 11) is 0. The predicted octanol–water partition coefficient (Wildman–Crippen LogP) is 3.54. The zero-order chi connectivity index (χ0) is 10.6. The highest BCUT2D eigenvalue weighted by Gasteiger charge is 2.11. The van der Waals surface area contributed by atoms with Gasteiger partial charge in [-0.15, -0.1) is 0 Å². The van der Waals surface area contributed by atoms with Gasteiger partial charge in [0, 0.05) is 11.1 Å². The van der Waals surface area contributed by atoms with Crippen LogP contribution in [0.25, 0.3) is 0 Å². The first-order valence-corrected chi connectivity index (χ1v) is 5.25. The van der Waals surface area contributed by atoms with Crippen LogP contribution in [0.1, 0.15) is 31.9 Å². The van der Waals surface area contributed by atoms with E-state index >= 15 is 0 Å². The summed E-state index contributed by atoms with van der Waals surface area (Å²) in [5, 5.41) is 3.80. The second kappa shape index (κ2) is 5.32. The Morgan fingerprint density at radius 2 is 2.14 bits per heavy atom. The minimum Gasteiger partial charge on any atom is -0.310 e. The molecule has 0 aliphatic rings. The van der Waals surface area contributed by atoms with Crippen molar-refractivity contribution in [2.45, 2.75) is 26.3 Å². The molecule has 14 heavy (non-hydrogen) atoms. The molecule has 0 saturated carbocycles. The Kier molecular flexibility index (Phi) is 4.36. The summed E-state index contributed by atoms with van der Waals surface area (Å²) < 4.78 is 12.8. The molecule has 0 saturated heterocycles. The van der Waals surface area contributed by atoms with Crippen molar-refractivity contribution in [2.24, 2.45) is 0 Å². The normalized spacial score (nSPS) is 12.9. The molecule has 1 rings (SSSR count). The molecule has 0 fully saturated rings. The largest absolute Gasteiger partial charge is 0.310 e. The van der Waals surface area contributed by atoms with Crippen molar-refractivity contribution in [3.8, 4) is 0 Å². The average Bonchev–Trinajstić information content (AvgIpc) is 2.15. The highest BCUT2D eigenvalue weighted by atomic mass is 35.5. The van der Waals surface area contributed by atoms with Gasteiger partial charge in [0.25, 0.3) is 0 Å². The number of nitrogens with one attached hydrogen (secondary N) is 1. The first-order chi connectivity index (χ1) is 6.69. The van der Waals surface area contributed by atoms with Gasteiger partial charge in [-0.2, -0.15) is 0 Å². The predicted molar refractivity (Wildman–Crippen MR) is 58.1 cm³/mol. The van der Waals surface area contributed by atoms with Crippen LogP contribution in [-0.2, 0) is 0 Å². The van der Waals surface area contributed by atoms with Gasteiger partial charge in [-0.3, -0.25) is 0 Å². The van der Waals surface area contributed by atoms with Crippen LogP contribution in [0, 0.1) is 5.82 Å². The maximum Gasteiger partial charge on any atom is 0.124 e. The van der Waals surface area contributed by atoms with E-state index < -0.39 is 0 Å². The van der Waals surface area contributed by atoms with Crippen molar-refractivity contribution in [1.82, 2.24) is 5.32 Å². The molecule has 78 valence electrons. The summed E-state index contributed by atoms with van der Waals surface area (Å²) in [5.41, 5.74) is 0.970. The maximum atomic E-state index is 12.8. The van der Waals surface area contributed by atoms with Crippen LogP contribution >= 0.6 is 11.6 Å². The molecular weight excluding hydrogens is 201 g/mol. The van der Waals surface area contributed by atoms with Crippen LogP contribution < -0.4 is 5.32 Å². The highest BCUT2D eigenvalue weighted by Crippen LogP contribution is 2.25. The Balaban J connectivity index is 2.92. The van der Waals surface area contributed by atoms with E-state index in [4.69, 9.17) is 11.6 Å². The number of hydrogen-bond acceptors (Lipinski definition) is 1. The van der Waals surface area contributed by atoms with Crippen LogP contribution in [0.5, 0.6) is 0 Å². The van der Waals surface area contributed by atoms with Crippen molar-refractivity contribution in [3.63, 3.8) is 0 Å². The van der Waals surface area contributed by atoms with Crippen molar-refractivity contribution in [2.75, 3.05) is 6.54 Å². The zero-order valence-electron chi connectivity index (χ0n) is 8.48. The molecule has 0 aromatic heterocycles. The third-order valence-corrected chi connectivity index (χ3v) is 2.52. The van der Waals surface area contributed by atoms with Crippen LogP contribution in [0.15, 0.2) is 18.2 Å². The number of halogens is 2. The fourth-order valence-electron chi connectivity index (χ4n) is 1.50. The second-order valence-electron chi connectivity index (χ2n) is 3.18. The summed E-state index contributed by atoms with van der Waals surface area (Å²) >= 11 is 5.96. The van der Waals surface area contributed by atoms with Gasteiger partial charge in [0.15, 0.2) is 0 Å². The highest BCUT2D eigenvalue weighted by molar-refractivity contribution is 6.31. The van der Waals surface area contributed by atoms with Crippen molar-refractivity contribution < 1.29 is 4.39 Å². The molecule has 0 bridgehead atoms. The van der Waals surface area contributed by atoms with Crippen LogP contribution in [0.2, 0.25) is 5.02 Å². The summed E-state index contributed by atoms with van der Waals surface area (Å²) in [5.74, 6) is -0.287. The number of hydrogen-bond donors (Lipinski definition) is 1. The standard InChI is InChI=1S/C11H15ClFN/c1-3-11(14-4-2)9-6-5-8(13)7-10(9)12/h5-7,11,14H,3-4H2,1-2H3. The first kappa shape index (κ1) is 11.5. The van der Waals surface area contributed by atoms with E-state index in [0.717, 1.165) is 18.5 Å². The Bertz CT molecular complexity index is 301. The average molecular weight is 216 g/mol. The molecular formula is C11H15ClFN. The minimum absolute atomic E-state index is 0.216. The van der Waals surface area contributed by atoms with Crippen LogP contribution in [-0.4, -0.2) is 6.54 Å². The third-order valence-electron chi connectivity index (χ3n) is 2.20. The number of benzene rings is 1. The lowest BCUT2D eigenvalue weighted by molar-refractivity contribution is 0.535. The lowest BCUT2D eigenvalue weighted by Gasteiger charge is -2.17. The molecule has 1 aromatic rings. The van der Waals surface area contributed by atoms with Gasteiger partial charge in [-0.25, -0.2) is 4.39 Å². The Labute approximate surface area is 89.3 Å². The van der Waals surface area contributed by atoms with Crippen LogP contribution in [0.4, 0.5) is 4.39 Å². The summed E-state index contributed by atoms with van der Waals surface area (Å²) in [6, 6.07) is 4.76. The van der Waals surface area contributed by atoms with E-state index in [0.29, 0.717) is 5.02 Å². The molecule has 3 heteroatoms. The molecule has 1 nitrogen and oxygen atoms in total. The second-order valence-corrected chi connectivity index (χ2v) is 3.59. The Morgan fingerprint density at radius 1 is 1.43 bits per heavy atom.